The molecule has 3 fully saturated rings. The molecule has 2 bridgehead atoms. The second-order valence-electron chi connectivity index (χ2n) is 5.90. The summed E-state index contributed by atoms with van der Waals surface area (Å²) >= 11 is 0. The highest BCUT2D eigenvalue weighted by Crippen LogP contribution is 2.60. The molecule has 3 aliphatic rings. The lowest BCUT2D eigenvalue weighted by molar-refractivity contribution is -0.167. The summed E-state index contributed by atoms with van der Waals surface area (Å²) in [6.45, 7) is 6.14. The lowest BCUT2D eigenvalue weighted by atomic mass is 9.45. The van der Waals surface area contributed by atoms with Crippen LogP contribution in [0.25, 0.3) is 0 Å². The van der Waals surface area contributed by atoms with Gasteiger partial charge in [-0.1, -0.05) is 20.8 Å². The molecule has 3 heteroatoms. The molecule has 0 aromatic rings. The van der Waals surface area contributed by atoms with Crippen molar-refractivity contribution in [3.8, 4) is 0 Å². The van der Waals surface area contributed by atoms with Gasteiger partial charge in [0, 0.05) is 11.8 Å². The van der Waals surface area contributed by atoms with E-state index in [1.807, 2.05) is 6.92 Å². The van der Waals surface area contributed by atoms with E-state index >= 15 is 0 Å². The highest BCUT2D eigenvalue weighted by Gasteiger charge is 2.59. The first-order valence-corrected chi connectivity index (χ1v) is 6.16. The third-order valence-electron chi connectivity index (χ3n) is 4.96. The van der Waals surface area contributed by atoms with Crippen LogP contribution in [0.2, 0.25) is 0 Å². The minimum Gasteiger partial charge on any atom is -0.481 e. The lowest BCUT2D eigenvalue weighted by Crippen LogP contribution is -2.58. The molecule has 0 spiro atoms. The van der Waals surface area contributed by atoms with E-state index in [4.69, 9.17) is 5.11 Å². The molecule has 0 aliphatic heterocycles. The zero-order valence-electron chi connectivity index (χ0n) is 10.2. The molecule has 1 N–H and O–H groups in total. The third kappa shape index (κ3) is 1.40. The quantitative estimate of drug-likeness (QED) is 0.800. The summed E-state index contributed by atoms with van der Waals surface area (Å²) in [4.78, 5) is 23.3. The van der Waals surface area contributed by atoms with E-state index in [0.29, 0.717) is 12.3 Å². The molecule has 90 valence electrons. The second-order valence-corrected chi connectivity index (χ2v) is 5.90. The van der Waals surface area contributed by atoms with Gasteiger partial charge in [-0.3, -0.25) is 9.59 Å². The van der Waals surface area contributed by atoms with Crippen molar-refractivity contribution >= 4 is 11.8 Å². The summed E-state index contributed by atoms with van der Waals surface area (Å²) in [5.74, 6) is -0.617. The van der Waals surface area contributed by atoms with Crippen LogP contribution in [0.1, 0.15) is 40.0 Å². The molecule has 3 aliphatic carbocycles. The van der Waals surface area contributed by atoms with E-state index in [9.17, 15) is 9.59 Å². The molecule has 3 nitrogen and oxygen atoms in total. The molecule has 0 aromatic heterocycles. The SMILES string of the molecule is CCC(C(=O)O)[C@H]1C[C@H]2C[C@@H](C1=O)C2(C)C. The highest BCUT2D eigenvalue weighted by atomic mass is 16.4. The molecule has 16 heavy (non-hydrogen) atoms. The summed E-state index contributed by atoms with van der Waals surface area (Å²) in [6, 6.07) is 0. The third-order valence-corrected chi connectivity index (χ3v) is 4.96. The Morgan fingerprint density at radius 3 is 2.50 bits per heavy atom. The second kappa shape index (κ2) is 3.57. The van der Waals surface area contributed by atoms with Gasteiger partial charge in [-0.25, -0.2) is 0 Å². The maximum absolute atomic E-state index is 12.2. The Labute approximate surface area is 96.2 Å². The number of fused-ring (bicyclic) bond motifs is 2. The Kier molecular flexibility index (Phi) is 2.59. The molecule has 4 atom stereocenters. The van der Waals surface area contributed by atoms with E-state index in [1.165, 1.54) is 0 Å². The van der Waals surface area contributed by atoms with Gasteiger partial charge in [-0.2, -0.15) is 0 Å². The number of carbonyl (C=O) groups is 2. The summed E-state index contributed by atoms with van der Waals surface area (Å²) in [6.07, 6.45) is 2.33. The van der Waals surface area contributed by atoms with Crippen LogP contribution >= 0.6 is 0 Å². The van der Waals surface area contributed by atoms with Gasteiger partial charge in [0.1, 0.15) is 5.78 Å². The maximum Gasteiger partial charge on any atom is 0.307 e. The fraction of sp³-hybridized carbons (Fsp3) is 0.846. The van der Waals surface area contributed by atoms with Crippen molar-refractivity contribution in [1.29, 1.82) is 0 Å². The summed E-state index contributed by atoms with van der Waals surface area (Å²) in [7, 11) is 0. The maximum atomic E-state index is 12.2. The number of ketones is 1. The molecular weight excluding hydrogens is 204 g/mol. The smallest absolute Gasteiger partial charge is 0.307 e. The number of carboxylic acid groups (broad SMARTS) is 1. The van der Waals surface area contributed by atoms with Crippen LogP contribution in [-0.2, 0) is 9.59 Å². The summed E-state index contributed by atoms with van der Waals surface area (Å²) < 4.78 is 0. The molecule has 3 saturated carbocycles. The van der Waals surface area contributed by atoms with Gasteiger partial charge in [0.05, 0.1) is 5.92 Å². The number of Topliss-reactive ketones (excluding diaryl/α,β-unsaturated/α-hetero) is 1. The van der Waals surface area contributed by atoms with E-state index in [-0.39, 0.29) is 23.0 Å². The number of hydrogen-bond acceptors (Lipinski definition) is 2. The van der Waals surface area contributed by atoms with Crippen LogP contribution in [0.15, 0.2) is 0 Å². The summed E-state index contributed by atoms with van der Waals surface area (Å²) in [5, 5.41) is 9.12. The minimum absolute atomic E-state index is 0.115. The van der Waals surface area contributed by atoms with Crippen LogP contribution in [-0.4, -0.2) is 16.9 Å². The van der Waals surface area contributed by atoms with Crippen molar-refractivity contribution in [3.63, 3.8) is 0 Å². The van der Waals surface area contributed by atoms with Gasteiger partial charge in [0.25, 0.3) is 0 Å². The molecule has 0 heterocycles. The largest absolute Gasteiger partial charge is 0.481 e. The molecular formula is C13H20O3. The van der Waals surface area contributed by atoms with Crippen molar-refractivity contribution < 1.29 is 14.7 Å². The zero-order valence-corrected chi connectivity index (χ0v) is 10.2. The number of aliphatic carboxylic acids is 1. The predicted molar refractivity (Wildman–Crippen MR) is 59.9 cm³/mol. The number of rotatable bonds is 3. The van der Waals surface area contributed by atoms with Gasteiger partial charge in [-0.05, 0) is 30.6 Å². The Morgan fingerprint density at radius 2 is 2.12 bits per heavy atom. The highest BCUT2D eigenvalue weighted by molar-refractivity contribution is 5.90. The van der Waals surface area contributed by atoms with Crippen molar-refractivity contribution in [2.24, 2.45) is 29.1 Å². The van der Waals surface area contributed by atoms with Crippen molar-refractivity contribution in [1.82, 2.24) is 0 Å². The van der Waals surface area contributed by atoms with Crippen LogP contribution in [0.3, 0.4) is 0 Å². The predicted octanol–water partition coefficient (Wildman–Crippen LogP) is 2.35. The zero-order chi connectivity index (χ0) is 12.1. The van der Waals surface area contributed by atoms with Crippen LogP contribution in [0.5, 0.6) is 0 Å². The normalized spacial score (nSPS) is 37.7. The molecule has 1 unspecified atom stereocenters. The molecule has 0 saturated heterocycles. The van der Waals surface area contributed by atoms with Crippen molar-refractivity contribution in [3.05, 3.63) is 0 Å². The van der Waals surface area contributed by atoms with Gasteiger partial charge >= 0.3 is 5.97 Å². The first-order valence-electron chi connectivity index (χ1n) is 6.16. The molecule has 0 amide bonds. The lowest BCUT2D eigenvalue weighted by Gasteiger charge is -2.58. The standard InChI is InChI=1S/C13H20O3/c1-4-8(12(15)16)9-5-7-6-10(11(9)14)13(7,2)3/h7-10H,4-6H2,1-3H3,(H,15,16)/t7-,8?,9+,10-/m0/s1. The van der Waals surface area contributed by atoms with Gasteiger partial charge < -0.3 is 5.11 Å². The van der Waals surface area contributed by atoms with Crippen LogP contribution in [0, 0.1) is 29.1 Å². The number of carbonyl (C=O) groups excluding carboxylic acids is 1. The Bertz CT molecular complexity index is 332. The van der Waals surface area contributed by atoms with E-state index < -0.39 is 11.9 Å². The first-order chi connectivity index (χ1) is 7.39. The number of hydrogen-bond donors (Lipinski definition) is 1. The minimum atomic E-state index is -0.806. The first kappa shape index (κ1) is 11.6. The van der Waals surface area contributed by atoms with E-state index in [2.05, 4.69) is 13.8 Å². The van der Waals surface area contributed by atoms with E-state index in [1.54, 1.807) is 0 Å². The fourth-order valence-electron chi connectivity index (χ4n) is 3.57. The number of carboxylic acids is 1. The van der Waals surface area contributed by atoms with Gasteiger partial charge in [0.2, 0.25) is 0 Å². The fourth-order valence-corrected chi connectivity index (χ4v) is 3.57. The van der Waals surface area contributed by atoms with Crippen molar-refractivity contribution in [2.75, 3.05) is 0 Å². The Balaban J connectivity index is 2.17. The van der Waals surface area contributed by atoms with E-state index in [0.717, 1.165) is 12.8 Å². The van der Waals surface area contributed by atoms with Crippen molar-refractivity contribution in [2.45, 2.75) is 40.0 Å². The topological polar surface area (TPSA) is 54.4 Å². The monoisotopic (exact) mass is 224 g/mol. The average Bonchev–Trinajstić information content (AvgIpc) is 2.20. The average molecular weight is 224 g/mol. The summed E-state index contributed by atoms with van der Waals surface area (Å²) in [5.41, 5.74) is 0.115. The molecule has 3 rings (SSSR count). The van der Waals surface area contributed by atoms with Crippen LogP contribution in [0.4, 0.5) is 0 Å². The Morgan fingerprint density at radius 1 is 1.50 bits per heavy atom. The van der Waals surface area contributed by atoms with Gasteiger partial charge in [-0.15, -0.1) is 0 Å². The Hall–Kier alpha value is -0.860. The van der Waals surface area contributed by atoms with Crippen LogP contribution < -0.4 is 0 Å². The molecule has 0 radical (unpaired) electrons. The van der Waals surface area contributed by atoms with Gasteiger partial charge in [0.15, 0.2) is 0 Å². The molecule has 0 aromatic carbocycles.